The van der Waals surface area contributed by atoms with E-state index >= 15 is 0 Å². The van der Waals surface area contributed by atoms with Gasteiger partial charge < -0.3 is 16.0 Å². The van der Waals surface area contributed by atoms with E-state index in [-0.39, 0.29) is 0 Å². The molecule has 2 heterocycles. The highest BCUT2D eigenvalue weighted by atomic mass is 32.1. The Balaban J connectivity index is 1.16. The number of nitrogens with one attached hydrogen (secondary N) is 1. The molecule has 1 fully saturated rings. The summed E-state index contributed by atoms with van der Waals surface area (Å²) in [5.74, 6) is 1.16. The van der Waals surface area contributed by atoms with E-state index in [1.54, 1.807) is 11.5 Å². The van der Waals surface area contributed by atoms with E-state index in [1.165, 1.54) is 16.5 Å². The Morgan fingerprint density at radius 1 is 1.03 bits per heavy atom. The van der Waals surface area contributed by atoms with Crippen LogP contribution in [-0.2, 0) is 0 Å². The Kier molecular flexibility index (Phi) is 6.59. The predicted molar refractivity (Wildman–Crippen MR) is 128 cm³/mol. The summed E-state index contributed by atoms with van der Waals surface area (Å²) in [6.07, 6.45) is 2.27. The number of anilines is 2. The average molecular weight is 426 g/mol. The van der Waals surface area contributed by atoms with Crippen LogP contribution >= 0.6 is 23.8 Å². The number of piperazine rings is 1. The molecule has 1 saturated heterocycles. The molecule has 5 nitrogen and oxygen atoms in total. The van der Waals surface area contributed by atoms with E-state index in [1.807, 2.05) is 24.3 Å². The van der Waals surface area contributed by atoms with Crippen molar-refractivity contribution in [2.24, 2.45) is 0 Å². The van der Waals surface area contributed by atoms with Gasteiger partial charge in [-0.1, -0.05) is 36.5 Å². The number of hydrogen-bond donors (Lipinski definition) is 2. The summed E-state index contributed by atoms with van der Waals surface area (Å²) in [7, 11) is 0. The molecule has 29 heavy (non-hydrogen) atoms. The molecule has 1 aromatic heterocycles. The third kappa shape index (κ3) is 4.86. The number of unbranched alkanes of at least 4 members (excludes halogenated alkanes) is 1. The molecule has 0 atom stereocenters. The topological polar surface area (TPSA) is 57.4 Å². The van der Waals surface area contributed by atoms with Crippen molar-refractivity contribution in [2.45, 2.75) is 12.8 Å². The minimum atomic E-state index is 0.732. The van der Waals surface area contributed by atoms with Crippen molar-refractivity contribution in [3.05, 3.63) is 54.1 Å². The number of fused-ring (bicyclic) bond motifs is 1. The SMILES string of the molecule is Nc1ccccc1C(=S)NCCCCN1CCN(c2nsc3ccccc23)CC1. The number of benzene rings is 2. The van der Waals surface area contributed by atoms with Crippen molar-refractivity contribution in [1.29, 1.82) is 0 Å². The number of aromatic nitrogens is 1. The number of nitrogens with two attached hydrogens (primary N) is 1. The van der Waals surface area contributed by atoms with E-state index in [2.05, 4.69) is 39.4 Å². The maximum Gasteiger partial charge on any atom is 0.150 e. The number of nitrogens with zero attached hydrogens (tertiary/aromatic N) is 3. The summed E-state index contributed by atoms with van der Waals surface area (Å²) in [6, 6.07) is 16.3. The van der Waals surface area contributed by atoms with Crippen LogP contribution < -0.4 is 16.0 Å². The minimum Gasteiger partial charge on any atom is -0.398 e. The van der Waals surface area contributed by atoms with Gasteiger partial charge in [0.1, 0.15) is 10.8 Å². The number of rotatable bonds is 7. The second-order valence-corrected chi connectivity index (χ2v) is 8.59. The molecule has 3 aromatic rings. The molecule has 2 aromatic carbocycles. The van der Waals surface area contributed by atoms with Gasteiger partial charge in [-0.05, 0) is 55.2 Å². The molecular weight excluding hydrogens is 398 g/mol. The highest BCUT2D eigenvalue weighted by Crippen LogP contribution is 2.29. The zero-order chi connectivity index (χ0) is 20.1. The fourth-order valence-electron chi connectivity index (χ4n) is 3.75. The van der Waals surface area contributed by atoms with E-state index < -0.39 is 0 Å². The van der Waals surface area contributed by atoms with E-state index in [0.717, 1.165) is 67.7 Å². The second-order valence-electron chi connectivity index (χ2n) is 7.38. The Morgan fingerprint density at radius 3 is 2.62 bits per heavy atom. The van der Waals surface area contributed by atoms with Crippen LogP contribution in [0.5, 0.6) is 0 Å². The van der Waals surface area contributed by atoms with Crippen LogP contribution in [0.25, 0.3) is 10.1 Å². The summed E-state index contributed by atoms with van der Waals surface area (Å²) < 4.78 is 5.97. The first kappa shape index (κ1) is 20.1. The number of hydrogen-bond acceptors (Lipinski definition) is 6. The Hall–Kier alpha value is -2.22. The minimum absolute atomic E-state index is 0.732. The van der Waals surface area contributed by atoms with Gasteiger partial charge in [0.2, 0.25) is 0 Å². The van der Waals surface area contributed by atoms with E-state index in [0.29, 0.717) is 0 Å². The molecular formula is C22H27N5S2. The first-order chi connectivity index (χ1) is 14.2. The highest BCUT2D eigenvalue weighted by molar-refractivity contribution is 7.80. The van der Waals surface area contributed by atoms with Crippen LogP contribution in [0.15, 0.2) is 48.5 Å². The van der Waals surface area contributed by atoms with E-state index in [4.69, 9.17) is 22.3 Å². The molecule has 0 amide bonds. The van der Waals surface area contributed by atoms with Crippen molar-refractivity contribution < 1.29 is 0 Å². The van der Waals surface area contributed by atoms with Crippen LogP contribution in [0.4, 0.5) is 11.5 Å². The summed E-state index contributed by atoms with van der Waals surface area (Å²) >= 11 is 7.05. The van der Waals surface area contributed by atoms with Crippen LogP contribution in [0, 0.1) is 0 Å². The fourth-order valence-corrected chi connectivity index (χ4v) is 4.83. The lowest BCUT2D eigenvalue weighted by Gasteiger charge is -2.35. The zero-order valence-electron chi connectivity index (χ0n) is 16.5. The molecule has 7 heteroatoms. The molecule has 0 unspecified atom stereocenters. The number of para-hydroxylation sites is 1. The van der Waals surface area contributed by atoms with Gasteiger partial charge in [0.25, 0.3) is 0 Å². The van der Waals surface area contributed by atoms with E-state index in [9.17, 15) is 0 Å². The van der Waals surface area contributed by atoms with Crippen LogP contribution in [0.3, 0.4) is 0 Å². The molecule has 152 valence electrons. The lowest BCUT2D eigenvalue weighted by molar-refractivity contribution is 0.253. The monoisotopic (exact) mass is 425 g/mol. The van der Waals surface area contributed by atoms with Crippen LogP contribution in [0.2, 0.25) is 0 Å². The predicted octanol–water partition coefficient (Wildman–Crippen LogP) is 3.75. The molecule has 0 aliphatic carbocycles. The maximum atomic E-state index is 5.98. The Morgan fingerprint density at radius 2 is 1.79 bits per heavy atom. The quantitative estimate of drug-likeness (QED) is 0.342. The Labute approximate surface area is 181 Å². The maximum absolute atomic E-state index is 5.98. The van der Waals surface area contributed by atoms with Gasteiger partial charge in [-0.15, -0.1) is 0 Å². The zero-order valence-corrected chi connectivity index (χ0v) is 18.1. The van der Waals surface area contributed by atoms with Crippen molar-refractivity contribution in [3.63, 3.8) is 0 Å². The van der Waals surface area contributed by atoms with Crippen molar-refractivity contribution >= 4 is 50.3 Å². The van der Waals surface area contributed by atoms with Gasteiger partial charge in [0, 0.05) is 49.4 Å². The van der Waals surface area contributed by atoms with Gasteiger partial charge in [0.05, 0.1) is 4.70 Å². The van der Waals surface area contributed by atoms with Crippen molar-refractivity contribution in [2.75, 3.05) is 49.9 Å². The lowest BCUT2D eigenvalue weighted by Crippen LogP contribution is -2.46. The first-order valence-corrected chi connectivity index (χ1v) is 11.3. The first-order valence-electron chi connectivity index (χ1n) is 10.2. The Bertz CT molecular complexity index is 963. The standard InChI is InChI=1S/C22H27N5S2/c23-19-9-3-1-7-17(19)22(28)24-11-5-6-12-26-13-15-27(16-14-26)21-18-8-2-4-10-20(18)29-25-21/h1-4,7-10H,5-6,11-16,23H2,(H,24,28). The lowest BCUT2D eigenvalue weighted by atomic mass is 10.2. The molecule has 0 bridgehead atoms. The average Bonchev–Trinajstić information content (AvgIpc) is 3.18. The van der Waals surface area contributed by atoms with Crippen LogP contribution in [-0.4, -0.2) is 53.5 Å². The highest BCUT2D eigenvalue weighted by Gasteiger charge is 2.20. The third-order valence-corrected chi connectivity index (χ3v) is 6.60. The van der Waals surface area contributed by atoms with Gasteiger partial charge in [0.15, 0.2) is 0 Å². The molecule has 3 N–H and O–H groups in total. The normalized spacial score (nSPS) is 15.0. The molecule has 0 radical (unpaired) electrons. The smallest absolute Gasteiger partial charge is 0.150 e. The number of thiocarbonyl (C=S) groups is 1. The van der Waals surface area contributed by atoms with Crippen LogP contribution in [0.1, 0.15) is 18.4 Å². The van der Waals surface area contributed by atoms with Gasteiger partial charge in [-0.2, -0.15) is 4.37 Å². The molecule has 0 saturated carbocycles. The largest absolute Gasteiger partial charge is 0.398 e. The van der Waals surface area contributed by atoms with Gasteiger partial charge in [-0.25, -0.2) is 0 Å². The van der Waals surface area contributed by atoms with Crippen molar-refractivity contribution in [1.82, 2.24) is 14.6 Å². The van der Waals surface area contributed by atoms with Crippen molar-refractivity contribution in [3.8, 4) is 0 Å². The molecule has 4 rings (SSSR count). The summed E-state index contributed by atoms with van der Waals surface area (Å²) in [5, 5.41) is 4.62. The summed E-state index contributed by atoms with van der Waals surface area (Å²) in [5.41, 5.74) is 7.64. The van der Waals surface area contributed by atoms with Gasteiger partial charge >= 0.3 is 0 Å². The third-order valence-electron chi connectivity index (χ3n) is 5.42. The summed E-state index contributed by atoms with van der Waals surface area (Å²) in [4.78, 5) is 5.73. The second kappa shape index (κ2) is 9.52. The number of nitrogen functional groups attached to an aromatic ring is 1. The molecule has 1 aliphatic heterocycles. The summed E-state index contributed by atoms with van der Waals surface area (Å²) in [6.45, 7) is 6.30. The molecule has 0 spiro atoms. The van der Waals surface area contributed by atoms with Gasteiger partial charge in [-0.3, -0.25) is 4.90 Å². The molecule has 1 aliphatic rings. The fraction of sp³-hybridized carbons (Fsp3) is 0.364.